The van der Waals surface area contributed by atoms with E-state index in [1.165, 1.54) is 23.4 Å². The zero-order chi connectivity index (χ0) is 21.9. The summed E-state index contributed by atoms with van der Waals surface area (Å²) < 4.78 is 6.08. The highest BCUT2D eigenvalue weighted by molar-refractivity contribution is 7.21. The Morgan fingerprint density at radius 3 is 3.00 bits per heavy atom. The van der Waals surface area contributed by atoms with Gasteiger partial charge in [-0.05, 0) is 43.5 Å². The SMILES string of the molecule is Cc1ccc2c(N)c(C(=O)N[C@H]3COc4cc(N5CCC6(CNC6)C5)ccc4C3)sc2n1. The number of ether oxygens (including phenoxy) is 1. The maximum absolute atomic E-state index is 12.9. The Kier molecular flexibility index (Phi) is 4.55. The predicted octanol–water partition coefficient (Wildman–Crippen LogP) is 2.72. The van der Waals surface area contributed by atoms with Gasteiger partial charge in [0, 0.05) is 54.4 Å². The van der Waals surface area contributed by atoms with Crippen molar-refractivity contribution < 1.29 is 9.53 Å². The van der Waals surface area contributed by atoms with Crippen molar-refractivity contribution in [1.82, 2.24) is 15.6 Å². The number of nitrogens with one attached hydrogen (secondary N) is 2. The van der Waals surface area contributed by atoms with Gasteiger partial charge in [0.25, 0.3) is 5.91 Å². The number of hydrogen-bond acceptors (Lipinski definition) is 7. The fourth-order valence-electron chi connectivity index (χ4n) is 5.08. The van der Waals surface area contributed by atoms with Crippen molar-refractivity contribution in [3.05, 3.63) is 46.5 Å². The third-order valence-electron chi connectivity index (χ3n) is 7.04. The van der Waals surface area contributed by atoms with Gasteiger partial charge in [-0.3, -0.25) is 4.79 Å². The van der Waals surface area contributed by atoms with Crippen LogP contribution in [0.4, 0.5) is 11.4 Å². The summed E-state index contributed by atoms with van der Waals surface area (Å²) in [6.07, 6.45) is 2.00. The molecule has 0 bridgehead atoms. The minimum Gasteiger partial charge on any atom is -0.491 e. The monoisotopic (exact) mass is 449 g/mol. The lowest BCUT2D eigenvalue weighted by atomic mass is 9.81. The van der Waals surface area contributed by atoms with Gasteiger partial charge in [-0.15, -0.1) is 11.3 Å². The molecule has 2 fully saturated rings. The van der Waals surface area contributed by atoms with Crippen LogP contribution in [0, 0.1) is 12.3 Å². The van der Waals surface area contributed by atoms with E-state index in [4.69, 9.17) is 10.5 Å². The third kappa shape index (κ3) is 3.29. The number of anilines is 2. The van der Waals surface area contributed by atoms with Crippen LogP contribution >= 0.6 is 11.3 Å². The Hall–Kier alpha value is -2.84. The Morgan fingerprint density at radius 1 is 1.34 bits per heavy atom. The maximum Gasteiger partial charge on any atom is 0.263 e. The molecule has 4 N–H and O–H groups in total. The highest BCUT2D eigenvalue weighted by atomic mass is 32.1. The second-order valence-electron chi connectivity index (χ2n) is 9.40. The molecule has 6 rings (SSSR count). The van der Waals surface area contributed by atoms with Crippen molar-refractivity contribution in [3.8, 4) is 5.75 Å². The van der Waals surface area contributed by atoms with Crippen LogP contribution in [0.25, 0.3) is 10.2 Å². The average Bonchev–Trinajstić information content (AvgIpc) is 3.36. The molecule has 2 saturated heterocycles. The lowest BCUT2D eigenvalue weighted by molar-refractivity contribution is 0.0920. The molecule has 0 unspecified atom stereocenters. The molecule has 1 atom stereocenters. The summed E-state index contributed by atoms with van der Waals surface area (Å²) in [6, 6.07) is 10.3. The Morgan fingerprint density at radius 2 is 2.22 bits per heavy atom. The normalized spacial score (nSPS) is 21.3. The van der Waals surface area contributed by atoms with E-state index in [0.29, 0.717) is 22.6 Å². The number of aryl methyl sites for hydroxylation is 1. The molecule has 1 aromatic carbocycles. The second kappa shape index (κ2) is 7.35. The number of nitrogens with two attached hydrogens (primary N) is 1. The van der Waals surface area contributed by atoms with E-state index in [1.54, 1.807) is 0 Å². The lowest BCUT2D eigenvalue weighted by Gasteiger charge is -2.39. The van der Waals surface area contributed by atoms with Crippen LogP contribution < -0.4 is 26.0 Å². The number of thiophene rings is 1. The van der Waals surface area contributed by atoms with E-state index >= 15 is 0 Å². The quantitative estimate of drug-likeness (QED) is 0.569. The van der Waals surface area contributed by atoms with E-state index in [1.807, 2.05) is 19.1 Å². The van der Waals surface area contributed by atoms with Gasteiger partial charge in [-0.25, -0.2) is 4.98 Å². The third-order valence-corrected chi connectivity index (χ3v) is 8.15. The van der Waals surface area contributed by atoms with Crippen molar-refractivity contribution in [2.45, 2.75) is 25.8 Å². The molecule has 166 valence electrons. The van der Waals surface area contributed by atoms with Crippen LogP contribution in [-0.4, -0.2) is 49.7 Å². The van der Waals surface area contributed by atoms with Crippen molar-refractivity contribution in [2.75, 3.05) is 43.4 Å². The molecule has 5 heterocycles. The fourth-order valence-corrected chi connectivity index (χ4v) is 6.12. The fraction of sp³-hybridized carbons (Fsp3) is 0.417. The van der Waals surface area contributed by atoms with Crippen molar-refractivity contribution >= 4 is 38.8 Å². The first-order chi connectivity index (χ1) is 15.5. The van der Waals surface area contributed by atoms with Gasteiger partial charge in [-0.2, -0.15) is 0 Å². The molecule has 1 spiro atoms. The van der Waals surface area contributed by atoms with E-state index < -0.39 is 0 Å². The number of aromatic nitrogens is 1. The number of pyridine rings is 1. The van der Waals surface area contributed by atoms with Gasteiger partial charge in [0.05, 0.1) is 11.7 Å². The standard InChI is InChI=1S/C24H27N5O2S/c1-14-2-5-18-20(25)21(32-23(18)27-14)22(30)28-16-8-15-3-4-17(9-19(15)31-10-16)29-7-6-24(13-29)11-26-12-24/h2-5,9,16,26H,6-8,10-13,25H2,1H3,(H,28,30)/t16-/m1/s1. The summed E-state index contributed by atoms with van der Waals surface area (Å²) in [5, 5.41) is 7.36. The maximum atomic E-state index is 12.9. The van der Waals surface area contributed by atoms with Gasteiger partial charge in [0.15, 0.2) is 0 Å². The number of rotatable bonds is 3. The summed E-state index contributed by atoms with van der Waals surface area (Å²) in [4.78, 5) is 21.2. The summed E-state index contributed by atoms with van der Waals surface area (Å²) in [5.74, 6) is 0.773. The largest absolute Gasteiger partial charge is 0.491 e. The van der Waals surface area contributed by atoms with E-state index in [9.17, 15) is 4.79 Å². The molecule has 3 aliphatic rings. The zero-order valence-electron chi connectivity index (χ0n) is 18.1. The molecule has 7 nitrogen and oxygen atoms in total. The molecule has 32 heavy (non-hydrogen) atoms. The van der Waals surface area contributed by atoms with Crippen LogP contribution in [0.3, 0.4) is 0 Å². The Labute approximate surface area is 191 Å². The topological polar surface area (TPSA) is 92.5 Å². The Bertz CT molecular complexity index is 1220. The number of carbonyl (C=O) groups is 1. The summed E-state index contributed by atoms with van der Waals surface area (Å²) in [6.45, 7) is 6.87. The highest BCUT2D eigenvalue weighted by Crippen LogP contribution is 2.39. The summed E-state index contributed by atoms with van der Waals surface area (Å²) in [7, 11) is 0. The second-order valence-corrected chi connectivity index (χ2v) is 10.4. The first-order valence-electron chi connectivity index (χ1n) is 11.2. The van der Waals surface area contributed by atoms with E-state index in [0.717, 1.165) is 59.8 Å². The van der Waals surface area contributed by atoms with Gasteiger partial charge in [-0.1, -0.05) is 6.07 Å². The number of nitrogen functional groups attached to an aromatic ring is 1. The van der Waals surface area contributed by atoms with E-state index in [-0.39, 0.29) is 11.9 Å². The molecule has 0 aliphatic carbocycles. The first kappa shape index (κ1) is 19.8. The van der Waals surface area contributed by atoms with Crippen LogP contribution in [0.2, 0.25) is 0 Å². The number of nitrogens with zero attached hydrogens (tertiary/aromatic N) is 2. The van der Waals surface area contributed by atoms with Crippen molar-refractivity contribution in [1.29, 1.82) is 0 Å². The molecule has 0 saturated carbocycles. The summed E-state index contributed by atoms with van der Waals surface area (Å²) >= 11 is 1.34. The lowest BCUT2D eigenvalue weighted by Crippen LogP contribution is -2.54. The number of fused-ring (bicyclic) bond motifs is 2. The van der Waals surface area contributed by atoms with Crippen LogP contribution in [0.5, 0.6) is 5.75 Å². The van der Waals surface area contributed by atoms with E-state index in [2.05, 4.69) is 38.7 Å². The predicted molar refractivity (Wildman–Crippen MR) is 128 cm³/mol. The number of amides is 1. The molecule has 8 heteroatoms. The number of benzene rings is 1. The smallest absolute Gasteiger partial charge is 0.263 e. The average molecular weight is 450 g/mol. The van der Waals surface area contributed by atoms with Crippen LogP contribution in [-0.2, 0) is 6.42 Å². The molecular formula is C24H27N5O2S. The van der Waals surface area contributed by atoms with Crippen LogP contribution in [0.15, 0.2) is 30.3 Å². The summed E-state index contributed by atoms with van der Waals surface area (Å²) in [5.41, 5.74) is 10.5. The number of hydrogen-bond donors (Lipinski definition) is 3. The minimum atomic E-state index is -0.159. The van der Waals surface area contributed by atoms with Crippen molar-refractivity contribution in [2.24, 2.45) is 5.41 Å². The van der Waals surface area contributed by atoms with Gasteiger partial charge < -0.3 is 26.0 Å². The van der Waals surface area contributed by atoms with Gasteiger partial charge >= 0.3 is 0 Å². The molecule has 2 aromatic heterocycles. The van der Waals surface area contributed by atoms with Gasteiger partial charge in [0.1, 0.15) is 22.1 Å². The zero-order valence-corrected chi connectivity index (χ0v) is 18.9. The molecule has 3 aliphatic heterocycles. The van der Waals surface area contributed by atoms with Crippen molar-refractivity contribution in [3.63, 3.8) is 0 Å². The first-order valence-corrected chi connectivity index (χ1v) is 12.0. The highest BCUT2D eigenvalue weighted by Gasteiger charge is 2.43. The number of carbonyl (C=O) groups excluding carboxylic acids is 1. The molecular weight excluding hydrogens is 422 g/mol. The molecule has 3 aromatic rings. The van der Waals surface area contributed by atoms with Crippen LogP contribution in [0.1, 0.15) is 27.3 Å². The minimum absolute atomic E-state index is 0.0868. The Balaban J connectivity index is 1.15. The van der Waals surface area contributed by atoms with Gasteiger partial charge in [0.2, 0.25) is 0 Å². The molecule has 0 radical (unpaired) electrons. The molecule has 1 amide bonds.